The lowest BCUT2D eigenvalue weighted by Gasteiger charge is -2.18. The molecule has 3 rings (SSSR count). The van der Waals surface area contributed by atoms with Crippen LogP contribution in [0.4, 0.5) is 0 Å². The number of nitrogens with one attached hydrogen (secondary N) is 1. The highest BCUT2D eigenvalue weighted by molar-refractivity contribution is 5.43. The number of rotatable bonds is 6. The van der Waals surface area contributed by atoms with Crippen molar-refractivity contribution >= 4 is 0 Å². The van der Waals surface area contributed by atoms with Crippen LogP contribution in [-0.4, -0.2) is 31.3 Å². The summed E-state index contributed by atoms with van der Waals surface area (Å²) in [6.45, 7) is 3.23. The predicted octanol–water partition coefficient (Wildman–Crippen LogP) is 2.23. The van der Waals surface area contributed by atoms with Gasteiger partial charge in [-0.2, -0.15) is 0 Å². The highest BCUT2D eigenvalue weighted by atomic mass is 16.6. The molecule has 4 heteroatoms. The summed E-state index contributed by atoms with van der Waals surface area (Å²) in [5.41, 5.74) is 2.59. The minimum Gasteiger partial charge on any atom is -0.486 e. The van der Waals surface area contributed by atoms with E-state index in [1.807, 2.05) is 18.5 Å². The minimum absolute atomic E-state index is 0.640. The summed E-state index contributed by atoms with van der Waals surface area (Å²) in [5.74, 6) is 1.73. The van der Waals surface area contributed by atoms with Gasteiger partial charge in [-0.3, -0.25) is 4.98 Å². The van der Waals surface area contributed by atoms with Gasteiger partial charge in [-0.1, -0.05) is 6.07 Å². The number of nitrogens with zero attached hydrogens (tertiary/aromatic N) is 1. The Balaban J connectivity index is 1.41. The molecule has 0 radical (unpaired) electrons. The van der Waals surface area contributed by atoms with Crippen molar-refractivity contribution in [3.63, 3.8) is 0 Å². The van der Waals surface area contributed by atoms with Gasteiger partial charge in [0.1, 0.15) is 13.2 Å². The molecule has 0 atom stereocenters. The van der Waals surface area contributed by atoms with E-state index in [4.69, 9.17) is 9.47 Å². The summed E-state index contributed by atoms with van der Waals surface area (Å²) in [4.78, 5) is 4.02. The van der Waals surface area contributed by atoms with Crippen LogP contribution in [0.3, 0.4) is 0 Å². The van der Waals surface area contributed by atoms with Crippen LogP contribution in [0, 0.1) is 0 Å². The molecule has 1 aromatic carbocycles. The van der Waals surface area contributed by atoms with Crippen LogP contribution >= 0.6 is 0 Å². The highest BCUT2D eigenvalue weighted by Crippen LogP contribution is 2.30. The standard InChI is InChI=1S/C17H20N2O2/c1-2-16-17(21-12-11-20-16)13-15(1)6-10-19-9-5-14-3-7-18-8-4-14/h1-4,7-8,13,19H,5-6,9-12H2. The lowest BCUT2D eigenvalue weighted by atomic mass is 10.1. The second-order valence-corrected chi connectivity index (χ2v) is 5.08. The molecule has 0 spiro atoms. The topological polar surface area (TPSA) is 43.4 Å². The van der Waals surface area contributed by atoms with Crippen molar-refractivity contribution in [1.82, 2.24) is 10.3 Å². The van der Waals surface area contributed by atoms with Crippen LogP contribution in [0.25, 0.3) is 0 Å². The largest absolute Gasteiger partial charge is 0.486 e. The molecule has 0 amide bonds. The summed E-state index contributed by atoms with van der Waals surface area (Å²) >= 11 is 0. The van der Waals surface area contributed by atoms with Crippen LogP contribution < -0.4 is 14.8 Å². The third kappa shape index (κ3) is 3.95. The third-order valence-electron chi connectivity index (χ3n) is 3.54. The number of benzene rings is 1. The number of fused-ring (bicyclic) bond motifs is 1. The average Bonchev–Trinajstić information content (AvgIpc) is 2.55. The van der Waals surface area contributed by atoms with Crippen LogP contribution in [0.5, 0.6) is 11.5 Å². The monoisotopic (exact) mass is 284 g/mol. The van der Waals surface area contributed by atoms with E-state index in [9.17, 15) is 0 Å². The molecular formula is C17H20N2O2. The smallest absolute Gasteiger partial charge is 0.161 e. The first-order chi connectivity index (χ1) is 10.4. The van der Waals surface area contributed by atoms with Gasteiger partial charge in [0.05, 0.1) is 0 Å². The highest BCUT2D eigenvalue weighted by Gasteiger charge is 2.11. The van der Waals surface area contributed by atoms with E-state index < -0.39 is 0 Å². The molecule has 2 heterocycles. The molecule has 0 bridgehead atoms. The molecule has 2 aromatic rings. The van der Waals surface area contributed by atoms with Crippen molar-refractivity contribution in [3.8, 4) is 11.5 Å². The summed E-state index contributed by atoms with van der Waals surface area (Å²) in [7, 11) is 0. The Morgan fingerprint density at radius 3 is 2.38 bits per heavy atom. The first-order valence-electron chi connectivity index (χ1n) is 7.40. The van der Waals surface area contributed by atoms with Gasteiger partial charge in [-0.25, -0.2) is 0 Å². The van der Waals surface area contributed by atoms with Gasteiger partial charge in [0, 0.05) is 12.4 Å². The SMILES string of the molecule is c1cc(CCNCCc2ccc3c(c2)OCCO3)ccn1. The summed E-state index contributed by atoms with van der Waals surface area (Å²) in [6, 6.07) is 10.3. The number of pyridine rings is 1. The van der Waals surface area contributed by atoms with Gasteiger partial charge >= 0.3 is 0 Å². The first-order valence-corrected chi connectivity index (χ1v) is 7.40. The number of hydrogen-bond donors (Lipinski definition) is 1. The second-order valence-electron chi connectivity index (χ2n) is 5.08. The molecule has 4 nitrogen and oxygen atoms in total. The Labute approximate surface area is 125 Å². The van der Waals surface area contributed by atoms with Gasteiger partial charge in [0.15, 0.2) is 11.5 Å². The van der Waals surface area contributed by atoms with Crippen LogP contribution in [0.2, 0.25) is 0 Å². The fourth-order valence-corrected chi connectivity index (χ4v) is 2.38. The van der Waals surface area contributed by atoms with E-state index in [0.717, 1.165) is 37.4 Å². The maximum absolute atomic E-state index is 5.60. The zero-order valence-corrected chi connectivity index (χ0v) is 12.0. The molecule has 21 heavy (non-hydrogen) atoms. The quantitative estimate of drug-likeness (QED) is 0.826. The van der Waals surface area contributed by atoms with Gasteiger partial charge < -0.3 is 14.8 Å². The minimum atomic E-state index is 0.640. The molecular weight excluding hydrogens is 264 g/mol. The van der Waals surface area contributed by atoms with Crippen molar-refractivity contribution in [2.45, 2.75) is 12.8 Å². The van der Waals surface area contributed by atoms with Gasteiger partial charge in [0.2, 0.25) is 0 Å². The molecule has 1 N–H and O–H groups in total. The van der Waals surface area contributed by atoms with Crippen molar-refractivity contribution in [2.75, 3.05) is 26.3 Å². The van der Waals surface area contributed by atoms with Gasteiger partial charge in [-0.05, 0) is 61.3 Å². The molecule has 1 aromatic heterocycles. The van der Waals surface area contributed by atoms with E-state index in [1.54, 1.807) is 0 Å². The Kier molecular flexibility index (Phi) is 4.69. The second kappa shape index (κ2) is 7.09. The van der Waals surface area contributed by atoms with E-state index in [2.05, 4.69) is 34.6 Å². The molecule has 0 saturated carbocycles. The summed E-state index contributed by atoms with van der Waals surface area (Å²) < 4.78 is 11.1. The maximum atomic E-state index is 5.60. The Hall–Kier alpha value is -2.07. The van der Waals surface area contributed by atoms with E-state index >= 15 is 0 Å². The van der Waals surface area contributed by atoms with Crippen molar-refractivity contribution in [1.29, 1.82) is 0 Å². The third-order valence-corrected chi connectivity index (χ3v) is 3.54. The lowest BCUT2D eigenvalue weighted by Crippen LogP contribution is -2.20. The molecule has 1 aliphatic rings. The lowest BCUT2D eigenvalue weighted by molar-refractivity contribution is 0.171. The van der Waals surface area contributed by atoms with E-state index in [-0.39, 0.29) is 0 Å². The summed E-state index contributed by atoms with van der Waals surface area (Å²) in [6.07, 6.45) is 5.70. The molecule has 1 aliphatic heterocycles. The Morgan fingerprint density at radius 1 is 0.857 bits per heavy atom. The van der Waals surface area contributed by atoms with Crippen molar-refractivity contribution < 1.29 is 9.47 Å². The number of hydrogen-bond acceptors (Lipinski definition) is 4. The maximum Gasteiger partial charge on any atom is 0.161 e. The number of ether oxygens (including phenoxy) is 2. The molecule has 0 unspecified atom stereocenters. The zero-order chi connectivity index (χ0) is 14.3. The van der Waals surface area contributed by atoms with Crippen molar-refractivity contribution in [3.05, 3.63) is 53.9 Å². The first kappa shape index (κ1) is 13.9. The number of aromatic nitrogens is 1. The van der Waals surface area contributed by atoms with Crippen molar-refractivity contribution in [2.24, 2.45) is 0 Å². The molecule has 0 aliphatic carbocycles. The fraction of sp³-hybridized carbons (Fsp3) is 0.353. The van der Waals surface area contributed by atoms with Crippen LogP contribution in [0.1, 0.15) is 11.1 Å². The molecule has 110 valence electrons. The molecule has 0 fully saturated rings. The predicted molar refractivity (Wildman–Crippen MR) is 81.9 cm³/mol. The normalized spacial score (nSPS) is 13.1. The van der Waals surface area contributed by atoms with E-state index in [0.29, 0.717) is 13.2 Å². The van der Waals surface area contributed by atoms with Crippen LogP contribution in [0.15, 0.2) is 42.7 Å². The Morgan fingerprint density at radius 2 is 1.57 bits per heavy atom. The Bertz CT molecular complexity index is 572. The fourth-order valence-electron chi connectivity index (χ4n) is 2.38. The summed E-state index contributed by atoms with van der Waals surface area (Å²) in [5, 5.41) is 3.47. The zero-order valence-electron chi connectivity index (χ0n) is 12.0. The average molecular weight is 284 g/mol. The van der Waals surface area contributed by atoms with E-state index in [1.165, 1.54) is 11.1 Å². The van der Waals surface area contributed by atoms with Gasteiger partial charge in [-0.15, -0.1) is 0 Å². The molecule has 0 saturated heterocycles. The van der Waals surface area contributed by atoms with Gasteiger partial charge in [0.25, 0.3) is 0 Å². The van der Waals surface area contributed by atoms with Crippen LogP contribution in [-0.2, 0) is 12.8 Å².